The number of amides is 1. The van der Waals surface area contributed by atoms with Crippen LogP contribution in [-0.4, -0.2) is 57.3 Å². The Kier molecular flexibility index (Phi) is 6.18. The second-order valence-corrected chi connectivity index (χ2v) is 9.02. The monoisotopic (exact) mass is 448 g/mol. The smallest absolute Gasteiger partial charge is 0.411 e. The number of nitrogens with zero attached hydrogens (tertiary/aromatic N) is 4. The van der Waals surface area contributed by atoms with Crippen molar-refractivity contribution in [2.75, 3.05) is 13.7 Å². The minimum Gasteiger partial charge on any atom is -0.467 e. The van der Waals surface area contributed by atoms with Gasteiger partial charge in [-0.1, -0.05) is 65.9 Å². The summed E-state index contributed by atoms with van der Waals surface area (Å²) in [6, 6.07) is 18.7. The molecule has 33 heavy (non-hydrogen) atoms. The van der Waals surface area contributed by atoms with Crippen molar-refractivity contribution in [2.45, 2.75) is 44.9 Å². The van der Waals surface area contributed by atoms with Crippen molar-refractivity contribution in [1.82, 2.24) is 19.9 Å². The first-order valence-corrected chi connectivity index (χ1v) is 10.9. The normalized spacial score (nSPS) is 18.2. The van der Waals surface area contributed by atoms with Crippen molar-refractivity contribution in [2.24, 2.45) is 0 Å². The fourth-order valence-electron chi connectivity index (χ4n) is 4.08. The van der Waals surface area contributed by atoms with Crippen LogP contribution >= 0.6 is 0 Å². The van der Waals surface area contributed by atoms with E-state index in [0.29, 0.717) is 6.42 Å². The predicted octanol–water partition coefficient (Wildman–Crippen LogP) is 4.34. The van der Waals surface area contributed by atoms with Crippen molar-refractivity contribution in [3.8, 4) is 22.5 Å². The van der Waals surface area contributed by atoms with Gasteiger partial charge in [-0.25, -0.2) is 14.3 Å². The molecule has 0 spiro atoms. The SMILES string of the molecule is COC(=O)[C@@H]1C[C@@H](n2nnc(-c3ccccc3)c2-c2ccccc2)CN1C(=O)OC(C)(C)C. The quantitative estimate of drug-likeness (QED) is 0.552. The Bertz CT molecular complexity index is 1120. The lowest BCUT2D eigenvalue weighted by Crippen LogP contribution is -2.43. The highest BCUT2D eigenvalue weighted by Gasteiger charge is 2.44. The number of carbonyl (C=O) groups is 2. The molecule has 1 aromatic heterocycles. The zero-order valence-corrected chi connectivity index (χ0v) is 19.3. The number of ether oxygens (including phenoxy) is 2. The number of aromatic nitrogens is 3. The average Bonchev–Trinajstić information content (AvgIpc) is 3.43. The molecule has 3 aromatic rings. The van der Waals surface area contributed by atoms with E-state index in [1.54, 1.807) is 20.8 Å². The number of hydrogen-bond donors (Lipinski definition) is 0. The lowest BCUT2D eigenvalue weighted by Gasteiger charge is -2.27. The Morgan fingerprint density at radius 2 is 1.58 bits per heavy atom. The molecule has 2 atom stereocenters. The molecule has 1 saturated heterocycles. The van der Waals surface area contributed by atoms with Crippen LogP contribution in [0.15, 0.2) is 60.7 Å². The van der Waals surface area contributed by atoms with Gasteiger partial charge in [0.2, 0.25) is 0 Å². The molecule has 1 aliphatic heterocycles. The van der Waals surface area contributed by atoms with E-state index in [0.717, 1.165) is 22.5 Å². The van der Waals surface area contributed by atoms with Gasteiger partial charge in [0.05, 0.1) is 18.8 Å². The van der Waals surface area contributed by atoms with Crippen LogP contribution in [0.2, 0.25) is 0 Å². The molecule has 4 rings (SSSR count). The van der Waals surface area contributed by atoms with Gasteiger partial charge in [-0.3, -0.25) is 4.90 Å². The molecule has 1 fully saturated rings. The zero-order chi connectivity index (χ0) is 23.6. The van der Waals surface area contributed by atoms with Crippen molar-refractivity contribution < 1.29 is 19.1 Å². The molecule has 1 amide bonds. The summed E-state index contributed by atoms with van der Waals surface area (Å²) in [4.78, 5) is 26.9. The molecule has 8 heteroatoms. The number of benzene rings is 2. The lowest BCUT2D eigenvalue weighted by atomic mass is 10.0. The van der Waals surface area contributed by atoms with E-state index in [9.17, 15) is 9.59 Å². The van der Waals surface area contributed by atoms with Crippen molar-refractivity contribution >= 4 is 12.1 Å². The Hall–Kier alpha value is -3.68. The highest BCUT2D eigenvalue weighted by atomic mass is 16.6. The lowest BCUT2D eigenvalue weighted by molar-refractivity contribution is -0.145. The van der Waals surface area contributed by atoms with Gasteiger partial charge in [0, 0.05) is 24.1 Å². The van der Waals surface area contributed by atoms with Crippen LogP contribution in [0.1, 0.15) is 33.2 Å². The maximum Gasteiger partial charge on any atom is 0.411 e. The third kappa shape index (κ3) is 4.74. The zero-order valence-electron chi connectivity index (χ0n) is 19.3. The Balaban J connectivity index is 1.75. The largest absolute Gasteiger partial charge is 0.467 e. The number of hydrogen-bond acceptors (Lipinski definition) is 6. The van der Waals surface area contributed by atoms with E-state index in [1.807, 2.05) is 65.3 Å². The summed E-state index contributed by atoms with van der Waals surface area (Å²) < 4.78 is 12.4. The van der Waals surface area contributed by atoms with Crippen molar-refractivity contribution in [1.29, 1.82) is 0 Å². The van der Waals surface area contributed by atoms with E-state index in [-0.39, 0.29) is 12.6 Å². The van der Waals surface area contributed by atoms with Gasteiger partial charge in [0.1, 0.15) is 17.3 Å². The number of likely N-dealkylation sites (tertiary alicyclic amines) is 1. The summed E-state index contributed by atoms with van der Waals surface area (Å²) in [6.45, 7) is 5.64. The molecule has 0 aliphatic carbocycles. The van der Waals surface area contributed by atoms with Gasteiger partial charge in [-0.15, -0.1) is 5.10 Å². The Morgan fingerprint density at radius 3 is 2.15 bits per heavy atom. The summed E-state index contributed by atoms with van der Waals surface area (Å²) in [6.07, 6.45) is -0.200. The highest BCUT2D eigenvalue weighted by Crippen LogP contribution is 2.36. The third-order valence-electron chi connectivity index (χ3n) is 5.52. The molecule has 2 heterocycles. The summed E-state index contributed by atoms with van der Waals surface area (Å²) in [7, 11) is 1.32. The van der Waals surface area contributed by atoms with Gasteiger partial charge in [-0.2, -0.15) is 0 Å². The van der Waals surface area contributed by atoms with Crippen molar-refractivity contribution in [3.05, 3.63) is 60.7 Å². The predicted molar refractivity (Wildman–Crippen MR) is 123 cm³/mol. The summed E-state index contributed by atoms with van der Waals surface area (Å²) in [5.41, 5.74) is 2.79. The average molecular weight is 449 g/mol. The first-order valence-electron chi connectivity index (χ1n) is 10.9. The van der Waals surface area contributed by atoms with Gasteiger partial charge in [0.25, 0.3) is 0 Å². The van der Waals surface area contributed by atoms with Gasteiger partial charge in [-0.05, 0) is 20.8 Å². The molecule has 2 aromatic carbocycles. The van der Waals surface area contributed by atoms with Crippen LogP contribution in [0.25, 0.3) is 22.5 Å². The minimum absolute atomic E-state index is 0.256. The van der Waals surface area contributed by atoms with Crippen molar-refractivity contribution in [3.63, 3.8) is 0 Å². The van der Waals surface area contributed by atoms with E-state index in [1.165, 1.54) is 12.0 Å². The van der Waals surface area contributed by atoms with Crippen LogP contribution in [0.5, 0.6) is 0 Å². The fourth-order valence-corrected chi connectivity index (χ4v) is 4.08. The molecule has 1 aliphatic rings. The molecule has 0 saturated carbocycles. The molecule has 0 radical (unpaired) electrons. The molecular weight excluding hydrogens is 420 g/mol. The van der Waals surface area contributed by atoms with E-state index in [2.05, 4.69) is 10.3 Å². The molecule has 0 unspecified atom stereocenters. The van der Waals surface area contributed by atoms with Crippen LogP contribution < -0.4 is 0 Å². The molecule has 0 bridgehead atoms. The number of esters is 1. The molecule has 172 valence electrons. The first kappa shape index (κ1) is 22.5. The summed E-state index contributed by atoms with van der Waals surface area (Å²) in [5.74, 6) is -0.479. The standard InChI is InChI=1S/C25H28N4O4/c1-25(2,3)33-24(31)28-16-19(15-20(28)23(30)32-4)29-22(18-13-9-6-10-14-18)21(26-27-29)17-11-7-5-8-12-17/h5-14,19-20H,15-16H2,1-4H3/t19-,20+/m1/s1. The van der Waals surface area contributed by atoms with Crippen LogP contribution in [0.3, 0.4) is 0 Å². The molecular formula is C25H28N4O4. The molecule has 0 N–H and O–H groups in total. The maximum atomic E-state index is 12.9. The van der Waals surface area contributed by atoms with E-state index in [4.69, 9.17) is 9.47 Å². The van der Waals surface area contributed by atoms with Gasteiger partial charge < -0.3 is 9.47 Å². The first-order chi connectivity index (χ1) is 15.8. The van der Waals surface area contributed by atoms with Crippen LogP contribution in [0.4, 0.5) is 4.79 Å². The topological polar surface area (TPSA) is 86.6 Å². The van der Waals surface area contributed by atoms with Gasteiger partial charge >= 0.3 is 12.1 Å². The Morgan fingerprint density at radius 1 is 0.970 bits per heavy atom. The number of carbonyl (C=O) groups excluding carboxylic acids is 2. The van der Waals surface area contributed by atoms with Crippen LogP contribution in [0, 0.1) is 0 Å². The number of rotatable bonds is 4. The van der Waals surface area contributed by atoms with Gasteiger partial charge in [0.15, 0.2) is 0 Å². The highest BCUT2D eigenvalue weighted by molar-refractivity contribution is 5.83. The maximum absolute atomic E-state index is 12.9. The summed E-state index contributed by atoms with van der Waals surface area (Å²) in [5, 5.41) is 8.96. The summed E-state index contributed by atoms with van der Waals surface area (Å²) >= 11 is 0. The molecule has 8 nitrogen and oxygen atoms in total. The van der Waals surface area contributed by atoms with Crippen LogP contribution in [-0.2, 0) is 14.3 Å². The van der Waals surface area contributed by atoms with E-state index >= 15 is 0 Å². The second kappa shape index (κ2) is 9.05. The number of methoxy groups -OCH3 is 1. The second-order valence-electron chi connectivity index (χ2n) is 9.02. The Labute approximate surface area is 193 Å². The van der Waals surface area contributed by atoms with E-state index < -0.39 is 23.7 Å². The third-order valence-corrected chi connectivity index (χ3v) is 5.52. The fraction of sp³-hybridized carbons (Fsp3) is 0.360. The minimum atomic E-state index is -0.761.